The van der Waals surface area contributed by atoms with E-state index in [1.165, 1.54) is 55.7 Å². The summed E-state index contributed by atoms with van der Waals surface area (Å²) in [6.45, 7) is 8.80. The van der Waals surface area contributed by atoms with Crippen molar-refractivity contribution in [2.24, 2.45) is 17.6 Å². The van der Waals surface area contributed by atoms with Crippen LogP contribution < -0.4 is 128 Å². The molecule has 0 aromatic carbocycles. The Bertz CT molecular complexity index is 6550. The van der Waals surface area contributed by atoms with Crippen molar-refractivity contribution in [1.82, 2.24) is 84.4 Å². The standard InChI is InChI=1S/C21H22N6O4.2C17H20N6O3.C13H13BrN2O3.C8H10N4O.C7H7BrN2O2.C6H8O2.CH4.B.Na.H/c1-11-7-14(24-15-8-16(23-10-22-15)25-18(29)12-4-5-12)20(31)27-17(11)19(30)26-21(27)6-2-3-13(28)9-21;2*1-9-5-11(21-13-6-12(18)19-8-20-13)16(26)23-14(9)15(25)22-17(23)4-2-3-10(24)7-17;1-7-5-9(14)12(19)16-10(7)11(18)15-13(16)4-2-3-8(17)6-13;9-6-3-7(11-4-10-6)12-8(13)5-1-2-5;1-3-2-4(8)7(12)10-5(3)6(9)11;7-5-2-1-3-6(8)4-5;;;;/h7-8,10,12H,2-6,9H2,1H3,(H,26,30)(H2,22,23,24,25,29);2*5-6,8,10,24H,2-4,7H2,1H3,(H,22,25)(H3,18,19,20,21);5H,2-4,6H2,1H3,(H,15,18);3-5H,1-2H2,(H3,9,10,11,12,13);2H,1H3,(H2,9,11)(H,10,12);1-4H2;1H4;;;/q;;;;;;;;;+1;-1. The second-order valence-electron chi connectivity index (χ2n) is 35.1. The van der Waals surface area contributed by atoms with Crippen molar-refractivity contribution in [3.05, 3.63) is 197 Å². The molecule has 9 aromatic heterocycles. The molecule has 7 fully saturated rings. The molecule has 44 nitrogen and oxygen atoms in total. The van der Waals surface area contributed by atoms with Crippen molar-refractivity contribution >= 4 is 168 Å². The van der Waals surface area contributed by atoms with Gasteiger partial charge in [-0.2, -0.15) is 0 Å². The van der Waals surface area contributed by atoms with Gasteiger partial charge < -0.3 is 87.4 Å². The van der Waals surface area contributed by atoms with Crippen molar-refractivity contribution in [2.45, 2.75) is 231 Å². The van der Waals surface area contributed by atoms with Crippen molar-refractivity contribution in [1.29, 1.82) is 0 Å². The molecule has 138 heavy (non-hydrogen) atoms. The number of hydrogen-bond donors (Lipinski definition) is 16. The molecule has 4 aliphatic heterocycles. The Hall–Kier alpha value is -13.2. The van der Waals surface area contributed by atoms with Crippen molar-refractivity contribution in [3.63, 3.8) is 0 Å². The van der Waals surface area contributed by atoms with E-state index in [-0.39, 0.29) is 187 Å². The van der Waals surface area contributed by atoms with Crippen LogP contribution in [0.5, 0.6) is 0 Å². The second-order valence-corrected chi connectivity index (χ2v) is 36.8. The quantitative estimate of drug-likeness (QED) is 0.0652. The number of H-pyrrole nitrogens is 1. The first-order chi connectivity index (χ1) is 64.2. The number of aromatic amines is 1. The molecular formula is C90H105BBr2N26NaO18. The zero-order chi connectivity index (χ0) is 97.0. The molecule has 7 aliphatic carbocycles. The zero-order valence-electron chi connectivity index (χ0n) is 76.7. The Morgan fingerprint density at radius 3 is 1.09 bits per heavy atom. The molecule has 721 valence electrons. The first kappa shape index (κ1) is 105. The number of hydrogen-bond acceptors (Lipinski definition) is 32. The van der Waals surface area contributed by atoms with Gasteiger partial charge in [0, 0.05) is 95.9 Å². The fraction of sp³-hybridized carbons (Fsp3) is 0.422. The molecule has 11 aliphatic rings. The number of nitrogens with two attached hydrogens (primary N) is 4. The van der Waals surface area contributed by atoms with Gasteiger partial charge in [0.15, 0.2) is 0 Å². The van der Waals surface area contributed by atoms with Crippen LogP contribution in [-0.4, -0.2) is 158 Å². The van der Waals surface area contributed by atoms with E-state index >= 15 is 0 Å². The van der Waals surface area contributed by atoms with Gasteiger partial charge >= 0.3 is 29.6 Å². The van der Waals surface area contributed by atoms with Crippen LogP contribution in [0.25, 0.3) is 0 Å². The molecule has 6 atom stereocenters. The summed E-state index contributed by atoms with van der Waals surface area (Å²) in [5.74, 6) is 1.56. The minimum absolute atomic E-state index is 0. The monoisotopic (exact) mass is 2030 g/mol. The number of aliphatic hydroxyl groups is 2. The van der Waals surface area contributed by atoms with E-state index in [9.17, 15) is 86.9 Å². The predicted octanol–water partition coefficient (Wildman–Crippen LogP) is 3.27. The van der Waals surface area contributed by atoms with Crippen LogP contribution in [0.15, 0.2) is 113 Å². The van der Waals surface area contributed by atoms with E-state index in [2.05, 4.69) is 125 Å². The summed E-state index contributed by atoms with van der Waals surface area (Å²) in [4.78, 5) is 226. The molecule has 6 unspecified atom stereocenters. The number of rotatable bonds is 11. The number of aromatic nitrogens is 13. The Kier molecular flexibility index (Phi) is 33.3. The number of nitrogen functional groups attached to an aromatic ring is 3. The van der Waals surface area contributed by atoms with Gasteiger partial charge in [-0.05, 0) is 221 Å². The van der Waals surface area contributed by atoms with Gasteiger partial charge in [0.05, 0.1) is 27.6 Å². The SMILES string of the molecule is C.Cc1cc(Br)c(=O)[nH]c1C(N)=O.Cc1cc(Br)c(=O)n2c1C(=O)NC21CCCC(=O)C1.Cc1cc(Nc2cc(N)ncn2)c(=O)n2c1C(=O)NC21CCCC(O)C1.Cc1cc(Nc2cc(N)ncn2)c(=O)n2c1C(=O)NC21CCCC(O)C1.Cc1cc(Nc2cc(NC(=O)C3CC3)ncn2)c(=O)n2c1C(=O)NC21CCCC(=O)C1.Nc1cc(NC(=O)C2CC2)ncn1.O=C1CCCC(=O)C1.[B].[H-].[Na+]. The fourth-order valence-electron chi connectivity index (χ4n) is 18.2. The second kappa shape index (κ2) is 43.6. The van der Waals surface area contributed by atoms with Crippen LogP contribution in [0.4, 0.5) is 63.6 Å². The average molecular weight is 2030 g/mol. The number of ketones is 4. The molecule has 9 aromatic rings. The van der Waals surface area contributed by atoms with Crippen LogP contribution in [0.2, 0.25) is 0 Å². The van der Waals surface area contributed by atoms with Gasteiger partial charge in [0.25, 0.3) is 57.3 Å². The summed E-state index contributed by atoms with van der Waals surface area (Å²) in [5.41, 5.74) is 22.1. The number of amides is 7. The number of nitrogens with one attached hydrogen (secondary N) is 10. The van der Waals surface area contributed by atoms with E-state index in [0.29, 0.717) is 184 Å². The van der Waals surface area contributed by atoms with Gasteiger partial charge in [-0.1, -0.05) is 7.43 Å². The van der Waals surface area contributed by atoms with E-state index in [0.717, 1.165) is 50.5 Å². The Morgan fingerprint density at radius 2 is 0.732 bits per heavy atom. The smallest absolute Gasteiger partial charge is 1.00 e. The number of anilines is 11. The van der Waals surface area contributed by atoms with E-state index in [1.54, 1.807) is 77.1 Å². The molecule has 20 rings (SSSR count). The number of halogens is 2. The van der Waals surface area contributed by atoms with E-state index in [4.69, 9.17) is 22.9 Å². The van der Waals surface area contributed by atoms with Gasteiger partial charge in [0.1, 0.15) is 163 Å². The molecule has 7 saturated carbocycles. The molecular weight excluding hydrogens is 1930 g/mol. The molecule has 48 heteroatoms. The van der Waals surface area contributed by atoms with Gasteiger partial charge in [-0.15, -0.1) is 0 Å². The summed E-state index contributed by atoms with van der Waals surface area (Å²) in [6.07, 6.45) is 18.4. The minimum Gasteiger partial charge on any atom is -1.00 e. The van der Waals surface area contributed by atoms with Crippen molar-refractivity contribution in [3.8, 4) is 0 Å². The number of aliphatic hydroxyl groups excluding tert-OH is 2. The summed E-state index contributed by atoms with van der Waals surface area (Å²) in [6, 6.07) is 14.2. The zero-order valence-corrected chi connectivity index (χ0v) is 80.9. The normalized spacial score (nSPS) is 21.3. The first-order valence-electron chi connectivity index (χ1n) is 43.8. The maximum absolute atomic E-state index is 13.4. The summed E-state index contributed by atoms with van der Waals surface area (Å²) in [7, 11) is 0. The summed E-state index contributed by atoms with van der Waals surface area (Å²) in [5, 5.41) is 46.2. The maximum Gasteiger partial charge on any atom is 1.00 e. The van der Waals surface area contributed by atoms with Gasteiger partial charge in [0.2, 0.25) is 11.8 Å². The molecule has 3 radical (unpaired) electrons. The Morgan fingerprint density at radius 1 is 0.413 bits per heavy atom. The molecule has 13 heterocycles. The molecule has 7 amide bonds. The van der Waals surface area contributed by atoms with E-state index < -0.39 is 46.3 Å². The fourth-order valence-corrected chi connectivity index (χ4v) is 19.2. The Balaban J connectivity index is 0.000000172. The van der Waals surface area contributed by atoms with E-state index in [1.807, 2.05) is 0 Å². The third kappa shape index (κ3) is 23.4. The summed E-state index contributed by atoms with van der Waals surface area (Å²) >= 11 is 6.26. The average Bonchev–Trinajstić information content (AvgIpc) is 1.59. The number of fused-ring (bicyclic) bond motifs is 8. The third-order valence-corrected chi connectivity index (χ3v) is 25.8. The number of aryl methyl sites for hydroxylation is 5. The number of primary amides is 1. The van der Waals surface area contributed by atoms with Crippen molar-refractivity contribution < 1.29 is 93.9 Å². The van der Waals surface area contributed by atoms with Crippen LogP contribution in [0, 0.1) is 46.5 Å². The number of Topliss-reactive ketones (excluding diaryl/α,β-unsaturated/α-hetero) is 4. The van der Waals surface area contributed by atoms with Crippen LogP contribution in [0.3, 0.4) is 0 Å². The predicted molar refractivity (Wildman–Crippen MR) is 511 cm³/mol. The third-order valence-electron chi connectivity index (χ3n) is 24.6. The largest absolute Gasteiger partial charge is 1.00 e. The van der Waals surface area contributed by atoms with Crippen LogP contribution >= 0.6 is 31.9 Å². The molecule has 20 N–H and O–H groups in total. The minimum atomic E-state index is -1.02. The van der Waals surface area contributed by atoms with Gasteiger partial charge in [-0.3, -0.25) is 95.0 Å². The number of carbonyl (C=O) groups is 11. The van der Waals surface area contributed by atoms with Gasteiger partial charge in [-0.25, -0.2) is 39.9 Å². The van der Waals surface area contributed by atoms with Crippen LogP contribution in [0.1, 0.15) is 243 Å². The number of nitrogens with zero attached hydrogens (tertiary/aromatic N) is 12. The molecule has 4 spiro atoms. The number of carbonyl (C=O) groups excluding carboxylic acids is 11. The van der Waals surface area contributed by atoms with Crippen LogP contribution in [-0.2, 0) is 51.4 Å². The maximum atomic E-state index is 13.4. The molecule has 0 bridgehead atoms. The number of pyridine rings is 5. The van der Waals surface area contributed by atoms with Crippen molar-refractivity contribution in [2.75, 3.05) is 43.8 Å². The first-order valence-corrected chi connectivity index (χ1v) is 45.4. The summed E-state index contributed by atoms with van der Waals surface area (Å²) < 4.78 is 6.72. The Labute approximate surface area is 830 Å². The topological polar surface area (TPSA) is 665 Å². The molecule has 0 saturated heterocycles.